The molecular weight excluding hydrogens is 258 g/mol. The van der Waals surface area contributed by atoms with E-state index in [0.717, 1.165) is 31.2 Å². The van der Waals surface area contributed by atoms with Crippen LogP contribution in [0.5, 0.6) is 0 Å². The number of aryl methyl sites for hydroxylation is 1. The molecule has 0 saturated heterocycles. The van der Waals surface area contributed by atoms with Gasteiger partial charge in [-0.05, 0) is 13.0 Å². The highest BCUT2D eigenvalue weighted by atomic mass is 32.1. The lowest BCUT2D eigenvalue weighted by Crippen LogP contribution is -2.15. The number of rotatable bonds is 7. The zero-order chi connectivity index (χ0) is 13.7. The van der Waals surface area contributed by atoms with Crippen molar-refractivity contribution >= 4 is 16.5 Å². The molecule has 2 aromatic rings. The van der Waals surface area contributed by atoms with Crippen molar-refractivity contribution in [1.29, 1.82) is 0 Å². The zero-order valence-corrected chi connectivity index (χ0v) is 12.6. The van der Waals surface area contributed by atoms with Crippen LogP contribution in [-0.4, -0.2) is 28.4 Å². The summed E-state index contributed by atoms with van der Waals surface area (Å²) in [5, 5.41) is 8.63. The van der Waals surface area contributed by atoms with E-state index < -0.39 is 0 Å². The van der Waals surface area contributed by atoms with E-state index in [1.807, 2.05) is 30.3 Å². The van der Waals surface area contributed by atoms with Gasteiger partial charge in [-0.2, -0.15) is 5.10 Å². The number of hydrogen-bond acceptors (Lipinski definition) is 5. The standard InChI is InChI=1S/C13H21N5S/c1-4-5-14-7-12-8-15-13(19-12)17(2)9-11-6-16-18(3)10-11/h6,8,10,14H,4-5,7,9H2,1-3H3. The third kappa shape index (κ3) is 4.04. The smallest absolute Gasteiger partial charge is 0.185 e. The molecule has 104 valence electrons. The fraction of sp³-hybridized carbons (Fsp3) is 0.538. The van der Waals surface area contributed by atoms with E-state index in [1.54, 1.807) is 11.3 Å². The Morgan fingerprint density at radius 1 is 1.42 bits per heavy atom. The van der Waals surface area contributed by atoms with Gasteiger partial charge in [0.1, 0.15) is 0 Å². The van der Waals surface area contributed by atoms with Crippen molar-refractivity contribution in [2.75, 3.05) is 18.5 Å². The van der Waals surface area contributed by atoms with Crippen molar-refractivity contribution in [3.63, 3.8) is 0 Å². The molecule has 0 aliphatic carbocycles. The summed E-state index contributed by atoms with van der Waals surface area (Å²) in [6, 6.07) is 0. The Morgan fingerprint density at radius 3 is 2.95 bits per heavy atom. The Balaban J connectivity index is 1.90. The number of aromatic nitrogens is 3. The molecule has 0 bridgehead atoms. The zero-order valence-electron chi connectivity index (χ0n) is 11.8. The van der Waals surface area contributed by atoms with Crippen LogP contribution >= 0.6 is 11.3 Å². The van der Waals surface area contributed by atoms with E-state index in [9.17, 15) is 0 Å². The van der Waals surface area contributed by atoms with Crippen molar-refractivity contribution in [2.24, 2.45) is 7.05 Å². The maximum atomic E-state index is 4.48. The van der Waals surface area contributed by atoms with Crippen LogP contribution in [0.15, 0.2) is 18.6 Å². The number of hydrogen-bond donors (Lipinski definition) is 1. The number of nitrogens with zero attached hydrogens (tertiary/aromatic N) is 4. The molecule has 2 heterocycles. The Morgan fingerprint density at radius 2 is 2.26 bits per heavy atom. The summed E-state index contributed by atoms with van der Waals surface area (Å²) < 4.78 is 1.82. The summed E-state index contributed by atoms with van der Waals surface area (Å²) in [5.41, 5.74) is 1.20. The van der Waals surface area contributed by atoms with Gasteiger partial charge in [-0.15, -0.1) is 11.3 Å². The monoisotopic (exact) mass is 279 g/mol. The third-order valence-corrected chi connectivity index (χ3v) is 3.88. The van der Waals surface area contributed by atoms with Gasteiger partial charge in [0.2, 0.25) is 0 Å². The SMILES string of the molecule is CCCNCc1cnc(N(C)Cc2cnn(C)c2)s1. The number of nitrogens with one attached hydrogen (secondary N) is 1. The molecule has 0 radical (unpaired) electrons. The number of anilines is 1. The first kappa shape index (κ1) is 14.0. The van der Waals surface area contributed by atoms with Crippen LogP contribution in [0.25, 0.3) is 0 Å². The van der Waals surface area contributed by atoms with E-state index in [0.29, 0.717) is 0 Å². The summed E-state index contributed by atoms with van der Waals surface area (Å²) in [7, 11) is 4.00. The molecular formula is C13H21N5S. The summed E-state index contributed by atoms with van der Waals surface area (Å²) in [4.78, 5) is 7.91. The van der Waals surface area contributed by atoms with Gasteiger partial charge in [0.15, 0.2) is 5.13 Å². The first-order valence-corrected chi connectivity index (χ1v) is 7.34. The highest BCUT2D eigenvalue weighted by Gasteiger charge is 2.08. The van der Waals surface area contributed by atoms with Gasteiger partial charge in [-0.3, -0.25) is 4.68 Å². The summed E-state index contributed by atoms with van der Waals surface area (Å²) >= 11 is 1.74. The van der Waals surface area contributed by atoms with Gasteiger partial charge >= 0.3 is 0 Å². The van der Waals surface area contributed by atoms with Gasteiger partial charge < -0.3 is 10.2 Å². The Hall–Kier alpha value is -1.40. The molecule has 0 fully saturated rings. The molecule has 0 unspecified atom stereocenters. The van der Waals surface area contributed by atoms with Gasteiger partial charge in [0.25, 0.3) is 0 Å². The van der Waals surface area contributed by atoms with Crippen LogP contribution in [0.3, 0.4) is 0 Å². The quantitative estimate of drug-likeness (QED) is 0.788. The minimum atomic E-state index is 0.836. The van der Waals surface area contributed by atoms with Crippen LogP contribution in [0.4, 0.5) is 5.13 Å². The molecule has 6 heteroatoms. The largest absolute Gasteiger partial charge is 0.347 e. The highest BCUT2D eigenvalue weighted by molar-refractivity contribution is 7.15. The molecule has 2 aromatic heterocycles. The topological polar surface area (TPSA) is 46.0 Å². The summed E-state index contributed by atoms with van der Waals surface area (Å²) in [6.07, 6.45) is 7.05. The van der Waals surface area contributed by atoms with Crippen molar-refractivity contribution in [3.05, 3.63) is 29.0 Å². The minimum absolute atomic E-state index is 0.836. The molecule has 19 heavy (non-hydrogen) atoms. The van der Waals surface area contributed by atoms with Gasteiger partial charge in [0, 0.05) is 50.0 Å². The fourth-order valence-corrected chi connectivity index (χ4v) is 2.68. The van der Waals surface area contributed by atoms with Gasteiger partial charge in [0.05, 0.1) is 6.20 Å². The molecule has 2 rings (SSSR count). The Labute approximate surface area is 118 Å². The van der Waals surface area contributed by atoms with Crippen LogP contribution < -0.4 is 10.2 Å². The minimum Gasteiger partial charge on any atom is -0.347 e. The normalized spacial score (nSPS) is 10.9. The van der Waals surface area contributed by atoms with Crippen molar-refractivity contribution < 1.29 is 0 Å². The second kappa shape index (κ2) is 6.68. The van der Waals surface area contributed by atoms with E-state index in [2.05, 4.69) is 34.3 Å². The number of thiazole rings is 1. The Bertz CT molecular complexity index is 505. The van der Waals surface area contributed by atoms with Crippen LogP contribution in [-0.2, 0) is 20.1 Å². The first-order chi connectivity index (χ1) is 9.19. The average Bonchev–Trinajstić information content (AvgIpc) is 2.99. The van der Waals surface area contributed by atoms with Crippen molar-refractivity contribution in [1.82, 2.24) is 20.1 Å². The van der Waals surface area contributed by atoms with Crippen LogP contribution in [0, 0.1) is 0 Å². The van der Waals surface area contributed by atoms with E-state index in [-0.39, 0.29) is 0 Å². The molecule has 5 nitrogen and oxygen atoms in total. The molecule has 0 saturated carbocycles. The average molecular weight is 279 g/mol. The fourth-order valence-electron chi connectivity index (χ4n) is 1.84. The van der Waals surface area contributed by atoms with Gasteiger partial charge in [-0.1, -0.05) is 6.92 Å². The lowest BCUT2D eigenvalue weighted by atomic mass is 10.3. The lowest BCUT2D eigenvalue weighted by molar-refractivity contribution is 0.681. The van der Waals surface area contributed by atoms with E-state index in [1.165, 1.54) is 10.4 Å². The van der Waals surface area contributed by atoms with Crippen LogP contribution in [0.2, 0.25) is 0 Å². The van der Waals surface area contributed by atoms with Gasteiger partial charge in [-0.25, -0.2) is 4.98 Å². The lowest BCUT2D eigenvalue weighted by Gasteiger charge is -2.13. The molecule has 0 spiro atoms. The van der Waals surface area contributed by atoms with Crippen LogP contribution in [0.1, 0.15) is 23.8 Å². The molecule has 1 N–H and O–H groups in total. The van der Waals surface area contributed by atoms with Crippen molar-refractivity contribution in [3.8, 4) is 0 Å². The molecule has 0 atom stereocenters. The van der Waals surface area contributed by atoms with Crippen molar-refractivity contribution in [2.45, 2.75) is 26.4 Å². The second-order valence-corrected chi connectivity index (χ2v) is 5.76. The molecule has 0 aliphatic heterocycles. The maximum absolute atomic E-state index is 4.48. The first-order valence-electron chi connectivity index (χ1n) is 6.53. The van der Waals surface area contributed by atoms with E-state index in [4.69, 9.17) is 0 Å². The highest BCUT2D eigenvalue weighted by Crippen LogP contribution is 2.22. The van der Waals surface area contributed by atoms with E-state index >= 15 is 0 Å². The molecule has 0 aliphatic rings. The Kier molecular flexibility index (Phi) is 4.93. The second-order valence-electron chi connectivity index (χ2n) is 4.66. The predicted molar refractivity (Wildman–Crippen MR) is 79.4 cm³/mol. The third-order valence-electron chi connectivity index (χ3n) is 2.77. The molecule has 0 amide bonds. The predicted octanol–water partition coefficient (Wildman–Crippen LogP) is 2.01. The maximum Gasteiger partial charge on any atom is 0.185 e. The molecule has 0 aromatic carbocycles. The summed E-state index contributed by atoms with van der Waals surface area (Å²) in [6.45, 7) is 4.97. The summed E-state index contributed by atoms with van der Waals surface area (Å²) in [5.74, 6) is 0.